The van der Waals surface area contributed by atoms with E-state index in [-0.39, 0.29) is 18.1 Å². The molecule has 0 saturated heterocycles. The average molecular weight is 312 g/mol. The number of hydrogen-bond donors (Lipinski definition) is 2. The van der Waals surface area contributed by atoms with Gasteiger partial charge in [0.05, 0.1) is 6.54 Å². The highest BCUT2D eigenvalue weighted by molar-refractivity contribution is 5.95. The minimum absolute atomic E-state index is 0.140. The average Bonchev–Trinajstić information content (AvgIpc) is 2.52. The van der Waals surface area contributed by atoms with Crippen LogP contribution in [-0.2, 0) is 4.79 Å². The van der Waals surface area contributed by atoms with Crippen LogP contribution in [0, 0.1) is 13.8 Å². The molecule has 1 aromatic carbocycles. The zero-order valence-electron chi connectivity index (χ0n) is 13.5. The monoisotopic (exact) mass is 312 g/mol. The van der Waals surface area contributed by atoms with Gasteiger partial charge in [0.1, 0.15) is 5.69 Å². The lowest BCUT2D eigenvalue weighted by Crippen LogP contribution is -2.30. The van der Waals surface area contributed by atoms with Crippen LogP contribution < -0.4 is 16.0 Å². The van der Waals surface area contributed by atoms with Gasteiger partial charge in [0.2, 0.25) is 5.91 Å². The number of pyridine rings is 1. The molecule has 3 N–H and O–H groups in total. The largest absolute Gasteiger partial charge is 0.365 e. The van der Waals surface area contributed by atoms with Gasteiger partial charge in [-0.05, 0) is 43.2 Å². The van der Waals surface area contributed by atoms with Crippen molar-refractivity contribution in [2.75, 3.05) is 23.8 Å². The third-order valence-electron chi connectivity index (χ3n) is 3.70. The number of aromatic nitrogens is 1. The van der Waals surface area contributed by atoms with E-state index in [4.69, 9.17) is 5.73 Å². The van der Waals surface area contributed by atoms with Crippen molar-refractivity contribution in [2.45, 2.75) is 13.8 Å². The van der Waals surface area contributed by atoms with Crippen molar-refractivity contribution in [2.24, 2.45) is 5.73 Å². The van der Waals surface area contributed by atoms with E-state index in [1.54, 1.807) is 24.1 Å². The molecule has 0 saturated carbocycles. The summed E-state index contributed by atoms with van der Waals surface area (Å²) in [6.07, 6.45) is 1.49. The summed E-state index contributed by atoms with van der Waals surface area (Å²) in [6.45, 7) is 4.12. The summed E-state index contributed by atoms with van der Waals surface area (Å²) in [5.74, 6) is -0.737. The molecule has 1 aromatic heterocycles. The third kappa shape index (κ3) is 4.06. The first-order valence-corrected chi connectivity index (χ1v) is 7.21. The highest BCUT2D eigenvalue weighted by Gasteiger charge is 2.11. The molecule has 0 aliphatic heterocycles. The van der Waals surface area contributed by atoms with Crippen molar-refractivity contribution in [1.82, 2.24) is 4.98 Å². The van der Waals surface area contributed by atoms with Crippen LogP contribution in [0.4, 0.5) is 11.4 Å². The summed E-state index contributed by atoms with van der Waals surface area (Å²) in [5, 5.41) is 2.90. The van der Waals surface area contributed by atoms with Gasteiger partial charge in [-0.1, -0.05) is 12.1 Å². The lowest BCUT2D eigenvalue weighted by Gasteiger charge is -2.19. The number of hydrogen-bond acceptors (Lipinski definition) is 4. The van der Waals surface area contributed by atoms with Gasteiger partial charge in [0.15, 0.2) is 0 Å². The van der Waals surface area contributed by atoms with Crippen LogP contribution in [0.25, 0.3) is 0 Å². The van der Waals surface area contributed by atoms with Crippen LogP contribution in [0.5, 0.6) is 0 Å². The molecule has 0 aliphatic rings. The number of carbonyl (C=O) groups is 2. The van der Waals surface area contributed by atoms with E-state index in [0.717, 1.165) is 16.8 Å². The molecule has 0 aliphatic carbocycles. The van der Waals surface area contributed by atoms with Crippen LogP contribution in [0.15, 0.2) is 36.5 Å². The molecule has 23 heavy (non-hydrogen) atoms. The van der Waals surface area contributed by atoms with Gasteiger partial charge in [-0.25, -0.2) is 0 Å². The van der Waals surface area contributed by atoms with E-state index < -0.39 is 5.91 Å². The van der Waals surface area contributed by atoms with E-state index in [2.05, 4.69) is 10.3 Å². The summed E-state index contributed by atoms with van der Waals surface area (Å²) in [5.41, 5.74) is 9.06. The summed E-state index contributed by atoms with van der Waals surface area (Å²) >= 11 is 0. The first-order valence-electron chi connectivity index (χ1n) is 7.21. The predicted molar refractivity (Wildman–Crippen MR) is 90.6 cm³/mol. The fraction of sp³-hybridized carbons (Fsp3) is 0.235. The Morgan fingerprint density at radius 2 is 2.00 bits per heavy atom. The number of aryl methyl sites for hydroxylation is 1. The highest BCUT2D eigenvalue weighted by Crippen LogP contribution is 2.18. The molecule has 0 unspecified atom stereocenters. The quantitative estimate of drug-likeness (QED) is 0.882. The molecule has 2 rings (SSSR count). The Morgan fingerprint density at radius 3 is 2.70 bits per heavy atom. The number of nitrogens with zero attached hydrogens (tertiary/aromatic N) is 2. The maximum absolute atomic E-state index is 12.2. The van der Waals surface area contributed by atoms with Crippen LogP contribution in [0.2, 0.25) is 0 Å². The molecular weight excluding hydrogens is 292 g/mol. The molecule has 0 atom stereocenters. The van der Waals surface area contributed by atoms with E-state index >= 15 is 0 Å². The minimum atomic E-state index is -0.597. The number of nitrogens with two attached hydrogens (primary N) is 1. The van der Waals surface area contributed by atoms with Crippen molar-refractivity contribution in [3.63, 3.8) is 0 Å². The Balaban J connectivity index is 2.06. The number of carbonyl (C=O) groups excluding carboxylic acids is 2. The Labute approximate surface area is 135 Å². The first kappa shape index (κ1) is 16.5. The third-order valence-corrected chi connectivity index (χ3v) is 3.70. The summed E-state index contributed by atoms with van der Waals surface area (Å²) < 4.78 is 0. The zero-order chi connectivity index (χ0) is 17.0. The van der Waals surface area contributed by atoms with Crippen molar-refractivity contribution < 1.29 is 9.59 Å². The van der Waals surface area contributed by atoms with Crippen LogP contribution in [-0.4, -0.2) is 30.4 Å². The summed E-state index contributed by atoms with van der Waals surface area (Å²) in [6, 6.07) is 9.06. The maximum Gasteiger partial charge on any atom is 0.267 e. The number of rotatable bonds is 5. The second-order valence-electron chi connectivity index (χ2n) is 5.42. The van der Waals surface area contributed by atoms with Gasteiger partial charge in [-0.2, -0.15) is 0 Å². The fourth-order valence-electron chi connectivity index (χ4n) is 2.17. The van der Waals surface area contributed by atoms with Crippen molar-refractivity contribution in [1.29, 1.82) is 0 Å². The van der Waals surface area contributed by atoms with Crippen molar-refractivity contribution >= 4 is 23.2 Å². The van der Waals surface area contributed by atoms with E-state index in [1.807, 2.05) is 32.0 Å². The second kappa shape index (κ2) is 6.91. The normalized spacial score (nSPS) is 10.2. The summed E-state index contributed by atoms with van der Waals surface area (Å²) in [7, 11) is 1.77. The topological polar surface area (TPSA) is 88.3 Å². The summed E-state index contributed by atoms with van der Waals surface area (Å²) in [4.78, 5) is 29.0. The Bertz CT molecular complexity index is 743. The van der Waals surface area contributed by atoms with Gasteiger partial charge in [-0.15, -0.1) is 0 Å². The Morgan fingerprint density at radius 1 is 1.26 bits per heavy atom. The molecule has 6 nitrogen and oxygen atoms in total. The van der Waals surface area contributed by atoms with Gasteiger partial charge in [-0.3, -0.25) is 14.6 Å². The molecule has 2 amide bonds. The van der Waals surface area contributed by atoms with Crippen LogP contribution in [0.1, 0.15) is 21.6 Å². The lowest BCUT2D eigenvalue weighted by molar-refractivity contribution is -0.114. The number of likely N-dealkylation sites (N-methyl/N-ethyl adjacent to an activating group) is 1. The number of nitrogens with one attached hydrogen (secondary N) is 1. The van der Waals surface area contributed by atoms with E-state index in [1.165, 1.54) is 6.20 Å². The predicted octanol–water partition coefficient (Wildman–Crippen LogP) is 1.87. The molecule has 0 fully saturated rings. The Hall–Kier alpha value is -2.89. The fourth-order valence-corrected chi connectivity index (χ4v) is 2.17. The van der Waals surface area contributed by atoms with E-state index in [9.17, 15) is 9.59 Å². The minimum Gasteiger partial charge on any atom is -0.365 e. The zero-order valence-corrected chi connectivity index (χ0v) is 13.5. The van der Waals surface area contributed by atoms with Crippen LogP contribution >= 0.6 is 0 Å². The molecular formula is C17H20N4O2. The van der Waals surface area contributed by atoms with Gasteiger partial charge < -0.3 is 16.0 Å². The smallest absolute Gasteiger partial charge is 0.267 e. The SMILES string of the molecule is Cc1cccc(NC(=O)CN(C)c2ccnc(C(N)=O)c2)c1C. The lowest BCUT2D eigenvalue weighted by atomic mass is 10.1. The van der Waals surface area contributed by atoms with Gasteiger partial charge in [0, 0.05) is 24.6 Å². The van der Waals surface area contributed by atoms with Crippen molar-refractivity contribution in [3.8, 4) is 0 Å². The van der Waals surface area contributed by atoms with Crippen molar-refractivity contribution in [3.05, 3.63) is 53.3 Å². The molecule has 2 aromatic rings. The standard InChI is InChI=1S/C17H20N4O2/c1-11-5-4-6-14(12(11)2)20-16(22)10-21(3)13-7-8-19-15(9-13)17(18)23/h4-9H,10H2,1-3H3,(H2,18,23)(H,20,22). The maximum atomic E-state index is 12.2. The molecule has 6 heteroatoms. The first-order chi connectivity index (χ1) is 10.9. The molecule has 1 heterocycles. The highest BCUT2D eigenvalue weighted by atomic mass is 16.2. The number of anilines is 2. The number of primary amides is 1. The Kier molecular flexibility index (Phi) is 4.95. The molecule has 120 valence electrons. The number of benzene rings is 1. The molecule has 0 radical (unpaired) electrons. The second-order valence-corrected chi connectivity index (χ2v) is 5.42. The van der Waals surface area contributed by atoms with Gasteiger partial charge in [0.25, 0.3) is 5.91 Å². The molecule has 0 spiro atoms. The van der Waals surface area contributed by atoms with E-state index in [0.29, 0.717) is 5.69 Å². The van der Waals surface area contributed by atoms with Crippen LogP contribution in [0.3, 0.4) is 0 Å². The van der Waals surface area contributed by atoms with Gasteiger partial charge >= 0.3 is 0 Å². The number of amides is 2. The molecule has 0 bridgehead atoms.